The van der Waals surface area contributed by atoms with Gasteiger partial charge in [0.05, 0.1) is 13.2 Å². The third kappa shape index (κ3) is 4.22. The van der Waals surface area contributed by atoms with Gasteiger partial charge in [-0.3, -0.25) is 0 Å². The summed E-state index contributed by atoms with van der Waals surface area (Å²) in [5, 5.41) is 15.3. The maximum absolute atomic E-state index is 14.5. The molecule has 30 heavy (non-hydrogen) atoms. The van der Waals surface area contributed by atoms with Crippen molar-refractivity contribution in [1.29, 1.82) is 0 Å². The Morgan fingerprint density at radius 3 is 2.50 bits per heavy atom. The molecule has 166 valence electrons. The van der Waals surface area contributed by atoms with Gasteiger partial charge in [-0.15, -0.1) is 0 Å². The molecular weight excluding hydrogens is 406 g/mol. The van der Waals surface area contributed by atoms with Gasteiger partial charge in [-0.1, -0.05) is 6.92 Å². The summed E-state index contributed by atoms with van der Waals surface area (Å²) in [4.78, 5) is 12.4. The van der Waals surface area contributed by atoms with Gasteiger partial charge in [0.15, 0.2) is 5.82 Å². The summed E-state index contributed by atoms with van der Waals surface area (Å²) in [7, 11) is 0. The van der Waals surface area contributed by atoms with Crippen molar-refractivity contribution < 1.29 is 27.4 Å². The average Bonchev–Trinajstić information content (AvgIpc) is 2.62. The van der Waals surface area contributed by atoms with Gasteiger partial charge in [0, 0.05) is 17.0 Å². The van der Waals surface area contributed by atoms with Gasteiger partial charge in [-0.25, -0.2) is 4.39 Å². The number of halogens is 4. The number of aliphatic hydroxyl groups is 1. The van der Waals surface area contributed by atoms with E-state index in [4.69, 9.17) is 4.74 Å². The van der Waals surface area contributed by atoms with Crippen LogP contribution in [0.5, 0.6) is 0 Å². The Morgan fingerprint density at radius 2 is 1.90 bits per heavy atom. The molecule has 0 amide bonds. The van der Waals surface area contributed by atoms with Crippen molar-refractivity contribution in [2.45, 2.75) is 69.8 Å². The topological polar surface area (TPSA) is 92.2 Å². The first-order valence-corrected chi connectivity index (χ1v) is 10.2. The van der Waals surface area contributed by atoms with Gasteiger partial charge in [0.1, 0.15) is 18.0 Å². The fourth-order valence-corrected chi connectivity index (χ4v) is 4.25. The molecule has 2 atom stereocenters. The lowest BCUT2D eigenvalue weighted by Crippen LogP contribution is -2.56. The van der Waals surface area contributed by atoms with E-state index in [-0.39, 0.29) is 47.6 Å². The number of nitrogens with one attached hydrogen (secondary N) is 2. The van der Waals surface area contributed by atoms with Crippen LogP contribution >= 0.6 is 0 Å². The Labute approximate surface area is 171 Å². The number of ether oxygens (including phenoxy) is 1. The minimum Gasteiger partial charge on any atom is -0.386 e. The molecule has 2 aliphatic carbocycles. The third-order valence-electron chi connectivity index (χ3n) is 6.01. The van der Waals surface area contributed by atoms with Crippen LogP contribution < -0.4 is 10.6 Å². The largest absolute Gasteiger partial charge is 0.408 e. The monoisotopic (exact) mass is 431 g/mol. The molecule has 1 aliphatic heterocycles. The quantitative estimate of drug-likeness (QED) is 0.595. The van der Waals surface area contributed by atoms with Crippen molar-refractivity contribution in [3.05, 3.63) is 11.7 Å². The molecule has 2 heterocycles. The summed E-state index contributed by atoms with van der Waals surface area (Å²) in [5.41, 5.74) is 0.292. The van der Waals surface area contributed by atoms with E-state index in [9.17, 15) is 22.7 Å². The lowest BCUT2D eigenvalue weighted by molar-refractivity contribution is -0.160. The molecule has 1 unspecified atom stereocenters. The molecule has 3 N–H and O–H groups in total. The lowest BCUT2D eigenvalue weighted by atomic mass is 9.64. The first-order valence-electron chi connectivity index (χ1n) is 10.2. The van der Waals surface area contributed by atoms with Crippen LogP contribution in [-0.4, -0.2) is 57.6 Å². The number of anilines is 2. The van der Waals surface area contributed by atoms with Gasteiger partial charge >= 0.3 is 6.18 Å². The summed E-state index contributed by atoms with van der Waals surface area (Å²) >= 11 is 0. The molecule has 7 nitrogen and oxygen atoms in total. The van der Waals surface area contributed by atoms with E-state index in [1.165, 1.54) is 6.92 Å². The Hall–Kier alpha value is -2.01. The van der Waals surface area contributed by atoms with Crippen LogP contribution in [0.25, 0.3) is 5.57 Å². The van der Waals surface area contributed by atoms with E-state index >= 15 is 0 Å². The van der Waals surface area contributed by atoms with Crippen molar-refractivity contribution in [2.75, 3.05) is 23.8 Å². The molecule has 0 aromatic carbocycles. The van der Waals surface area contributed by atoms with E-state index in [0.717, 1.165) is 12.8 Å². The summed E-state index contributed by atoms with van der Waals surface area (Å²) in [6, 6.07) is -1.77. The van der Waals surface area contributed by atoms with Gasteiger partial charge < -0.3 is 20.5 Å². The maximum atomic E-state index is 14.5. The number of aliphatic hydroxyl groups excluding tert-OH is 1. The van der Waals surface area contributed by atoms with Gasteiger partial charge in [0.25, 0.3) is 0 Å². The smallest absolute Gasteiger partial charge is 0.386 e. The second-order valence-corrected chi connectivity index (χ2v) is 8.43. The molecule has 11 heteroatoms. The Bertz CT molecular complexity index is 820. The number of hydrogen-bond acceptors (Lipinski definition) is 7. The molecule has 2 fully saturated rings. The van der Waals surface area contributed by atoms with Crippen molar-refractivity contribution in [1.82, 2.24) is 15.0 Å². The van der Waals surface area contributed by atoms with E-state index in [1.807, 2.05) is 0 Å². The zero-order chi connectivity index (χ0) is 21.5. The number of alkyl halides is 3. The number of allylic oxidation sites excluding steroid dienone is 1. The maximum Gasteiger partial charge on any atom is 0.408 e. The van der Waals surface area contributed by atoms with Gasteiger partial charge in [-0.05, 0) is 38.5 Å². The van der Waals surface area contributed by atoms with E-state index in [0.29, 0.717) is 26.1 Å². The summed E-state index contributed by atoms with van der Waals surface area (Å²) in [6.45, 7) is 2.82. The highest BCUT2D eigenvalue weighted by atomic mass is 19.4. The predicted molar refractivity (Wildman–Crippen MR) is 101 cm³/mol. The number of hydrogen-bond donors (Lipinski definition) is 3. The van der Waals surface area contributed by atoms with Crippen LogP contribution in [0, 0.1) is 5.41 Å². The Morgan fingerprint density at radius 1 is 1.20 bits per heavy atom. The minimum atomic E-state index is -4.48. The van der Waals surface area contributed by atoms with Crippen molar-refractivity contribution in [3.63, 3.8) is 0 Å². The van der Waals surface area contributed by atoms with Crippen LogP contribution in [-0.2, 0) is 4.74 Å². The highest BCUT2D eigenvalue weighted by Gasteiger charge is 2.50. The summed E-state index contributed by atoms with van der Waals surface area (Å²) < 4.78 is 59.4. The normalized spacial score (nSPS) is 24.9. The van der Waals surface area contributed by atoms with Gasteiger partial charge in [0.2, 0.25) is 11.9 Å². The average molecular weight is 431 g/mol. The molecule has 1 aromatic heterocycles. The highest BCUT2D eigenvalue weighted by molar-refractivity contribution is 5.65. The third-order valence-corrected chi connectivity index (χ3v) is 6.01. The van der Waals surface area contributed by atoms with E-state index < -0.39 is 24.1 Å². The molecule has 1 saturated carbocycles. The Kier molecular flexibility index (Phi) is 5.60. The van der Waals surface area contributed by atoms with Crippen LogP contribution in [0.3, 0.4) is 0 Å². The zero-order valence-corrected chi connectivity index (χ0v) is 16.6. The lowest BCUT2D eigenvalue weighted by Gasteiger charge is -2.53. The highest BCUT2D eigenvalue weighted by Crippen LogP contribution is 2.47. The summed E-state index contributed by atoms with van der Waals surface area (Å²) in [6.07, 6.45) is -3.12. The standard InChI is InChI=1S/C19H25F4N5O2/c1-2-13(19(21,22)23)25-17-27-15(11-4-3-5-12(29)14(11)20)26-16(28-17)24-10-6-18(7-10)8-30-9-18/h10,12-13,29H,2-9H2,1H3,(H2,24,25,26,27,28)/t12?,13-/m1/s1. The van der Waals surface area contributed by atoms with Crippen LogP contribution in [0.4, 0.5) is 29.5 Å². The predicted octanol–water partition coefficient (Wildman–Crippen LogP) is 3.44. The fourth-order valence-electron chi connectivity index (χ4n) is 4.25. The zero-order valence-electron chi connectivity index (χ0n) is 16.6. The van der Waals surface area contributed by atoms with Crippen LogP contribution in [0.15, 0.2) is 5.83 Å². The van der Waals surface area contributed by atoms with E-state index in [2.05, 4.69) is 25.6 Å². The van der Waals surface area contributed by atoms with Crippen LogP contribution in [0.1, 0.15) is 51.3 Å². The first-order chi connectivity index (χ1) is 14.2. The molecule has 1 aromatic rings. The van der Waals surface area contributed by atoms with E-state index in [1.54, 1.807) is 0 Å². The van der Waals surface area contributed by atoms with Crippen molar-refractivity contribution >= 4 is 17.5 Å². The van der Waals surface area contributed by atoms with Crippen molar-refractivity contribution in [2.24, 2.45) is 5.41 Å². The number of rotatable bonds is 6. The van der Waals surface area contributed by atoms with Gasteiger partial charge in [-0.2, -0.15) is 28.1 Å². The molecule has 1 saturated heterocycles. The molecule has 1 spiro atoms. The number of aromatic nitrogens is 3. The molecule has 0 radical (unpaired) electrons. The fraction of sp³-hybridized carbons (Fsp3) is 0.737. The Balaban J connectivity index is 1.61. The SMILES string of the molecule is CC[C@@H](Nc1nc(NC2CC3(COC3)C2)nc(C2=C(F)C(O)CCC2)n1)C(F)(F)F. The minimum absolute atomic E-state index is 0.0516. The molecular formula is C19H25F4N5O2. The number of nitrogens with zero attached hydrogens (tertiary/aromatic N) is 3. The summed E-state index contributed by atoms with van der Waals surface area (Å²) in [5.74, 6) is -0.959. The van der Waals surface area contributed by atoms with Crippen LogP contribution in [0.2, 0.25) is 0 Å². The van der Waals surface area contributed by atoms with Crippen molar-refractivity contribution in [3.8, 4) is 0 Å². The molecule has 0 bridgehead atoms. The first kappa shape index (κ1) is 21.2. The molecule has 4 rings (SSSR count). The second-order valence-electron chi connectivity index (χ2n) is 8.43. The molecule has 3 aliphatic rings. The second kappa shape index (κ2) is 7.92.